The molecule has 0 saturated heterocycles. The highest BCUT2D eigenvalue weighted by Crippen LogP contribution is 2.38. The van der Waals surface area contributed by atoms with Crippen LogP contribution in [0.3, 0.4) is 0 Å². The van der Waals surface area contributed by atoms with Crippen molar-refractivity contribution in [1.82, 2.24) is 9.78 Å². The number of anilines is 1. The van der Waals surface area contributed by atoms with Crippen LogP contribution >= 0.6 is 0 Å². The quantitative estimate of drug-likeness (QED) is 0.858. The molecule has 0 unspecified atom stereocenters. The molecular formula is C18H26N4O. The van der Waals surface area contributed by atoms with Gasteiger partial charge in [-0.05, 0) is 25.0 Å². The molecule has 3 rings (SSSR count). The van der Waals surface area contributed by atoms with Gasteiger partial charge in [0.1, 0.15) is 11.4 Å². The van der Waals surface area contributed by atoms with E-state index in [0.29, 0.717) is 12.5 Å². The molecule has 5 heteroatoms. The van der Waals surface area contributed by atoms with E-state index in [1.807, 2.05) is 29.1 Å². The molecule has 1 saturated carbocycles. The summed E-state index contributed by atoms with van der Waals surface area (Å²) in [6.45, 7) is 1.38. The zero-order valence-electron chi connectivity index (χ0n) is 13.8. The molecule has 1 aliphatic rings. The fourth-order valence-electron chi connectivity index (χ4n) is 3.47. The Kier molecular flexibility index (Phi) is 5.18. The van der Waals surface area contributed by atoms with Gasteiger partial charge in [-0.1, -0.05) is 31.4 Å². The summed E-state index contributed by atoms with van der Waals surface area (Å²) in [5.41, 5.74) is 9.03. The van der Waals surface area contributed by atoms with Crippen molar-refractivity contribution in [3.05, 3.63) is 36.2 Å². The number of hydrogen-bond acceptors (Lipinski definition) is 4. The van der Waals surface area contributed by atoms with Crippen LogP contribution < -0.4 is 15.8 Å². The van der Waals surface area contributed by atoms with Crippen molar-refractivity contribution in [1.29, 1.82) is 0 Å². The maximum absolute atomic E-state index is 5.66. The topological polar surface area (TPSA) is 65.1 Å². The van der Waals surface area contributed by atoms with Crippen molar-refractivity contribution in [2.45, 2.75) is 38.0 Å². The molecule has 1 fully saturated rings. The molecule has 2 aromatic rings. The fourth-order valence-corrected chi connectivity index (χ4v) is 3.47. The normalized spacial score (nSPS) is 15.6. The van der Waals surface area contributed by atoms with Crippen molar-refractivity contribution >= 4 is 5.69 Å². The molecule has 1 aliphatic carbocycles. The molecular weight excluding hydrogens is 288 g/mol. The summed E-state index contributed by atoms with van der Waals surface area (Å²) in [6, 6.07) is 8.05. The Labute approximate surface area is 137 Å². The van der Waals surface area contributed by atoms with E-state index in [0.717, 1.165) is 23.7 Å². The minimum atomic E-state index is 0.538. The van der Waals surface area contributed by atoms with Crippen molar-refractivity contribution in [3.63, 3.8) is 0 Å². The van der Waals surface area contributed by atoms with Gasteiger partial charge in [-0.2, -0.15) is 5.10 Å². The predicted molar refractivity (Wildman–Crippen MR) is 93.5 cm³/mol. The van der Waals surface area contributed by atoms with Crippen LogP contribution in [0.5, 0.6) is 5.75 Å². The molecule has 0 amide bonds. The number of para-hydroxylation sites is 2. The maximum Gasteiger partial charge on any atom is 0.144 e. The van der Waals surface area contributed by atoms with E-state index in [4.69, 9.17) is 10.5 Å². The summed E-state index contributed by atoms with van der Waals surface area (Å²) in [5, 5.41) is 8.10. The molecule has 0 atom stereocenters. The van der Waals surface area contributed by atoms with Crippen LogP contribution in [0.2, 0.25) is 0 Å². The summed E-state index contributed by atoms with van der Waals surface area (Å²) in [4.78, 5) is 0. The first-order chi connectivity index (χ1) is 11.3. The van der Waals surface area contributed by atoms with E-state index in [1.54, 1.807) is 7.11 Å². The van der Waals surface area contributed by atoms with Crippen molar-refractivity contribution in [2.75, 3.05) is 25.5 Å². The molecule has 124 valence electrons. The lowest BCUT2D eigenvalue weighted by Gasteiger charge is -2.24. The number of aromatic nitrogens is 2. The molecule has 1 heterocycles. The Balaban J connectivity index is 2.03. The van der Waals surface area contributed by atoms with Gasteiger partial charge >= 0.3 is 0 Å². The number of hydrogen-bond donors (Lipinski definition) is 2. The summed E-state index contributed by atoms with van der Waals surface area (Å²) in [7, 11) is 1.70. The number of methoxy groups -OCH3 is 1. The molecule has 3 N–H and O–H groups in total. The van der Waals surface area contributed by atoms with Gasteiger partial charge in [0.25, 0.3) is 0 Å². The second-order valence-corrected chi connectivity index (χ2v) is 6.08. The first kappa shape index (κ1) is 15.9. The van der Waals surface area contributed by atoms with Gasteiger partial charge in [-0.3, -0.25) is 0 Å². The second-order valence-electron chi connectivity index (χ2n) is 6.08. The van der Waals surface area contributed by atoms with Gasteiger partial charge in [-0.25, -0.2) is 4.68 Å². The van der Waals surface area contributed by atoms with E-state index < -0.39 is 0 Å². The maximum atomic E-state index is 5.66. The molecule has 0 radical (unpaired) electrons. The zero-order chi connectivity index (χ0) is 16.1. The summed E-state index contributed by atoms with van der Waals surface area (Å²) in [6.07, 6.45) is 8.28. The third-order valence-electron chi connectivity index (χ3n) is 4.57. The molecule has 0 aliphatic heterocycles. The van der Waals surface area contributed by atoms with Crippen LogP contribution in [-0.2, 0) is 0 Å². The monoisotopic (exact) mass is 314 g/mol. The second kappa shape index (κ2) is 7.51. The molecule has 5 nitrogen and oxygen atoms in total. The van der Waals surface area contributed by atoms with E-state index in [9.17, 15) is 0 Å². The average Bonchev–Trinajstić information content (AvgIpc) is 3.04. The Morgan fingerprint density at radius 1 is 1.26 bits per heavy atom. The molecule has 0 spiro atoms. The minimum absolute atomic E-state index is 0.538. The van der Waals surface area contributed by atoms with Crippen molar-refractivity contribution in [2.24, 2.45) is 5.73 Å². The largest absolute Gasteiger partial charge is 0.494 e. The summed E-state index contributed by atoms with van der Waals surface area (Å²) >= 11 is 0. The molecule has 23 heavy (non-hydrogen) atoms. The number of rotatable bonds is 6. The molecule has 1 aromatic heterocycles. The van der Waals surface area contributed by atoms with E-state index in [1.165, 1.54) is 37.8 Å². The van der Waals surface area contributed by atoms with Crippen LogP contribution in [0.15, 0.2) is 30.5 Å². The lowest BCUT2D eigenvalue weighted by atomic mass is 9.86. The van der Waals surface area contributed by atoms with Gasteiger partial charge in [0, 0.05) is 19.0 Å². The Morgan fingerprint density at radius 3 is 2.78 bits per heavy atom. The smallest absolute Gasteiger partial charge is 0.144 e. The zero-order valence-corrected chi connectivity index (χ0v) is 13.8. The van der Waals surface area contributed by atoms with Gasteiger partial charge in [0.2, 0.25) is 0 Å². The Morgan fingerprint density at radius 2 is 2.04 bits per heavy atom. The number of nitrogens with zero attached hydrogens (tertiary/aromatic N) is 2. The lowest BCUT2D eigenvalue weighted by Crippen LogP contribution is -2.17. The minimum Gasteiger partial charge on any atom is -0.494 e. The van der Waals surface area contributed by atoms with E-state index >= 15 is 0 Å². The average molecular weight is 314 g/mol. The Bertz CT molecular complexity index is 632. The molecule has 0 bridgehead atoms. The lowest BCUT2D eigenvalue weighted by molar-refractivity contribution is 0.406. The number of nitrogens with two attached hydrogens (primary N) is 1. The van der Waals surface area contributed by atoms with E-state index in [-0.39, 0.29) is 0 Å². The van der Waals surface area contributed by atoms with Crippen LogP contribution in [0, 0.1) is 0 Å². The number of ether oxygens (including phenoxy) is 1. The highest BCUT2D eigenvalue weighted by Gasteiger charge is 2.24. The first-order valence-electron chi connectivity index (χ1n) is 8.50. The standard InChI is InChI=1S/C18H26N4O/c1-23-17-10-6-5-9-16(17)22-18(14-7-3-2-4-8-14)15(13-21-22)20-12-11-19/h5-6,9-10,13-14,20H,2-4,7-8,11-12,19H2,1H3. The number of nitrogens with one attached hydrogen (secondary N) is 1. The summed E-state index contributed by atoms with van der Waals surface area (Å²) < 4.78 is 7.58. The van der Waals surface area contributed by atoms with E-state index in [2.05, 4.69) is 16.5 Å². The van der Waals surface area contributed by atoms with Gasteiger partial charge in [0.15, 0.2) is 0 Å². The van der Waals surface area contributed by atoms with Gasteiger partial charge in [0.05, 0.1) is 24.7 Å². The van der Waals surface area contributed by atoms with Crippen molar-refractivity contribution in [3.8, 4) is 11.4 Å². The van der Waals surface area contributed by atoms with Crippen molar-refractivity contribution < 1.29 is 4.74 Å². The highest BCUT2D eigenvalue weighted by molar-refractivity contribution is 5.55. The van der Waals surface area contributed by atoms with Gasteiger partial charge < -0.3 is 15.8 Å². The van der Waals surface area contributed by atoms with Gasteiger partial charge in [-0.15, -0.1) is 0 Å². The van der Waals surface area contributed by atoms with Crippen LogP contribution in [0.1, 0.15) is 43.7 Å². The third-order valence-corrected chi connectivity index (χ3v) is 4.57. The first-order valence-corrected chi connectivity index (χ1v) is 8.50. The third kappa shape index (κ3) is 3.34. The summed E-state index contributed by atoms with van der Waals surface area (Å²) in [5.74, 6) is 1.38. The molecule has 1 aromatic carbocycles. The SMILES string of the molecule is COc1ccccc1-n1ncc(NCCN)c1C1CCCCC1. The predicted octanol–water partition coefficient (Wildman–Crippen LogP) is 3.30. The van der Waals surface area contributed by atoms with Crippen LogP contribution in [0.25, 0.3) is 5.69 Å². The fraction of sp³-hybridized carbons (Fsp3) is 0.500. The van der Waals surface area contributed by atoms with Crippen LogP contribution in [0.4, 0.5) is 5.69 Å². The van der Waals surface area contributed by atoms with Crippen LogP contribution in [-0.4, -0.2) is 30.0 Å². The highest BCUT2D eigenvalue weighted by atomic mass is 16.5. The Hall–Kier alpha value is -2.01. The number of benzene rings is 1.